The van der Waals surface area contributed by atoms with E-state index in [0.29, 0.717) is 17.1 Å². The van der Waals surface area contributed by atoms with Gasteiger partial charge in [0.15, 0.2) is 0 Å². The van der Waals surface area contributed by atoms with Crippen LogP contribution in [0.25, 0.3) is 0 Å². The number of aromatic hydroxyl groups is 1. The van der Waals surface area contributed by atoms with E-state index in [1.807, 2.05) is 0 Å². The largest absolute Gasteiger partial charge is 0.508 e. The summed E-state index contributed by atoms with van der Waals surface area (Å²) in [4.78, 5) is 7.80. The Hall–Kier alpha value is -2.43. The van der Waals surface area contributed by atoms with Crippen molar-refractivity contribution < 1.29 is 5.11 Å². The van der Waals surface area contributed by atoms with Gasteiger partial charge in [0, 0.05) is 24.0 Å². The van der Waals surface area contributed by atoms with Gasteiger partial charge in [-0.2, -0.15) is 0 Å². The average molecular weight is 214 g/mol. The van der Waals surface area contributed by atoms with E-state index < -0.39 is 0 Å². The smallest absolute Gasteiger partial charge is 0.133 e. The number of aromatic nitrogens is 2. The van der Waals surface area contributed by atoms with Crippen molar-refractivity contribution in [2.24, 2.45) is 0 Å². The van der Waals surface area contributed by atoms with Gasteiger partial charge in [-0.3, -0.25) is 0 Å². The Morgan fingerprint density at radius 3 is 2.88 bits per heavy atom. The second-order valence-corrected chi connectivity index (χ2v) is 3.14. The minimum atomic E-state index is 0.141. The van der Waals surface area contributed by atoms with E-state index >= 15 is 0 Å². The molecule has 80 valence electrons. The first kappa shape index (κ1) is 10.1. The number of nitrogens with zero attached hydrogens (tertiary/aromatic N) is 2. The average Bonchev–Trinajstić information content (AvgIpc) is 2.31. The molecule has 0 saturated heterocycles. The lowest BCUT2D eigenvalue weighted by molar-refractivity contribution is 0.475. The highest BCUT2D eigenvalue weighted by Crippen LogP contribution is 2.22. The molecule has 0 fully saturated rings. The molecule has 0 aliphatic rings. The van der Waals surface area contributed by atoms with E-state index in [-0.39, 0.29) is 5.75 Å². The summed E-state index contributed by atoms with van der Waals surface area (Å²) in [5, 5.41) is 19.6. The number of benzene rings is 1. The molecule has 1 heterocycles. The fraction of sp³-hybridized carbons (Fsp3) is 0. The lowest BCUT2D eigenvalue weighted by Gasteiger charge is -2.08. The molecule has 0 radical (unpaired) electrons. The van der Waals surface area contributed by atoms with Crippen molar-refractivity contribution in [1.29, 1.82) is 5.41 Å². The third kappa shape index (κ3) is 2.14. The Balaban J connectivity index is 2.33. The zero-order valence-corrected chi connectivity index (χ0v) is 8.38. The van der Waals surface area contributed by atoms with Crippen LogP contribution in [0, 0.1) is 5.41 Å². The quantitative estimate of drug-likeness (QED) is 0.682. The first-order chi connectivity index (χ1) is 7.79. The van der Waals surface area contributed by atoms with Crippen molar-refractivity contribution in [3.05, 3.63) is 42.4 Å². The molecule has 0 amide bonds. The fourth-order valence-electron chi connectivity index (χ4n) is 1.28. The normalized spacial score (nSPS) is 9.75. The van der Waals surface area contributed by atoms with Crippen LogP contribution < -0.4 is 5.32 Å². The Kier molecular flexibility index (Phi) is 2.77. The van der Waals surface area contributed by atoms with Crippen molar-refractivity contribution in [3.8, 4) is 5.75 Å². The second-order valence-electron chi connectivity index (χ2n) is 3.14. The third-order valence-corrected chi connectivity index (χ3v) is 2.04. The zero-order chi connectivity index (χ0) is 11.4. The highest BCUT2D eigenvalue weighted by Gasteiger charge is 2.02. The molecule has 0 bridgehead atoms. The van der Waals surface area contributed by atoms with Crippen LogP contribution in [0.15, 0.2) is 36.8 Å². The number of anilines is 2. The maximum atomic E-state index is 9.36. The molecular formula is C11H10N4O. The molecule has 2 aromatic rings. The second kappa shape index (κ2) is 4.39. The fourth-order valence-corrected chi connectivity index (χ4v) is 1.28. The Morgan fingerprint density at radius 2 is 2.19 bits per heavy atom. The summed E-state index contributed by atoms with van der Waals surface area (Å²) in [6.07, 6.45) is 4.25. The number of hydrogen-bond donors (Lipinski definition) is 3. The first-order valence-electron chi connectivity index (χ1n) is 4.66. The van der Waals surface area contributed by atoms with Gasteiger partial charge in [0.2, 0.25) is 0 Å². The van der Waals surface area contributed by atoms with Crippen LogP contribution in [-0.4, -0.2) is 21.3 Å². The number of rotatable bonds is 3. The summed E-state index contributed by atoms with van der Waals surface area (Å²) in [5.41, 5.74) is 1.31. The van der Waals surface area contributed by atoms with Gasteiger partial charge in [0.1, 0.15) is 17.9 Å². The van der Waals surface area contributed by atoms with Crippen LogP contribution in [0.5, 0.6) is 5.75 Å². The molecule has 3 N–H and O–H groups in total. The molecule has 5 heteroatoms. The summed E-state index contributed by atoms with van der Waals surface area (Å²) >= 11 is 0. The summed E-state index contributed by atoms with van der Waals surface area (Å²) in [7, 11) is 0. The number of phenols is 1. The topological polar surface area (TPSA) is 81.9 Å². The Morgan fingerprint density at radius 1 is 1.31 bits per heavy atom. The van der Waals surface area contributed by atoms with Crippen molar-refractivity contribution in [1.82, 2.24) is 9.97 Å². The number of hydrogen-bond acceptors (Lipinski definition) is 5. The van der Waals surface area contributed by atoms with E-state index in [1.165, 1.54) is 18.6 Å². The molecule has 0 spiro atoms. The minimum absolute atomic E-state index is 0.141. The lowest BCUT2D eigenvalue weighted by atomic mass is 10.2. The maximum absolute atomic E-state index is 9.36. The molecule has 1 aromatic heterocycles. The van der Waals surface area contributed by atoms with Crippen LogP contribution >= 0.6 is 0 Å². The molecule has 0 aliphatic heterocycles. The first-order valence-corrected chi connectivity index (χ1v) is 4.66. The summed E-state index contributed by atoms with van der Waals surface area (Å²) in [6.45, 7) is 0. The lowest BCUT2D eigenvalue weighted by Crippen LogP contribution is -1.97. The molecule has 0 saturated carbocycles. The van der Waals surface area contributed by atoms with Crippen LogP contribution in [-0.2, 0) is 0 Å². The van der Waals surface area contributed by atoms with E-state index in [0.717, 1.165) is 0 Å². The molecular weight excluding hydrogens is 204 g/mol. The van der Waals surface area contributed by atoms with Gasteiger partial charge in [-0.1, -0.05) is 0 Å². The van der Waals surface area contributed by atoms with E-state index in [9.17, 15) is 5.11 Å². The van der Waals surface area contributed by atoms with Gasteiger partial charge in [0.05, 0.1) is 5.69 Å². The predicted octanol–water partition coefficient (Wildman–Crippen LogP) is 1.92. The van der Waals surface area contributed by atoms with Gasteiger partial charge >= 0.3 is 0 Å². The molecule has 0 atom stereocenters. The van der Waals surface area contributed by atoms with Gasteiger partial charge in [0.25, 0.3) is 0 Å². The summed E-state index contributed by atoms with van der Waals surface area (Å²) in [5.74, 6) is 0.755. The highest BCUT2D eigenvalue weighted by molar-refractivity contribution is 5.87. The van der Waals surface area contributed by atoms with Crippen molar-refractivity contribution in [2.45, 2.75) is 0 Å². The number of phenolic OH excluding ortho intramolecular Hbond substituents is 1. The minimum Gasteiger partial charge on any atom is -0.508 e. The van der Waals surface area contributed by atoms with Gasteiger partial charge < -0.3 is 15.8 Å². The summed E-state index contributed by atoms with van der Waals surface area (Å²) in [6, 6.07) is 6.44. The summed E-state index contributed by atoms with van der Waals surface area (Å²) < 4.78 is 0. The molecule has 2 rings (SSSR count). The van der Waals surface area contributed by atoms with E-state index in [1.54, 1.807) is 24.4 Å². The molecule has 0 aliphatic carbocycles. The van der Waals surface area contributed by atoms with Crippen LogP contribution in [0.3, 0.4) is 0 Å². The monoisotopic (exact) mass is 214 g/mol. The molecule has 0 unspecified atom stereocenters. The third-order valence-electron chi connectivity index (χ3n) is 2.04. The van der Waals surface area contributed by atoms with Crippen molar-refractivity contribution >= 4 is 17.7 Å². The van der Waals surface area contributed by atoms with E-state index in [4.69, 9.17) is 5.41 Å². The van der Waals surface area contributed by atoms with E-state index in [2.05, 4.69) is 15.3 Å². The SMILES string of the molecule is N=Cc1ccc(O)cc1Nc1ccncn1. The van der Waals surface area contributed by atoms with Gasteiger partial charge in [-0.05, 0) is 18.2 Å². The Labute approximate surface area is 92.3 Å². The zero-order valence-electron chi connectivity index (χ0n) is 8.38. The highest BCUT2D eigenvalue weighted by atomic mass is 16.3. The molecule has 1 aromatic carbocycles. The van der Waals surface area contributed by atoms with Gasteiger partial charge in [-0.15, -0.1) is 0 Å². The molecule has 5 nitrogen and oxygen atoms in total. The van der Waals surface area contributed by atoms with Crippen molar-refractivity contribution in [2.75, 3.05) is 5.32 Å². The van der Waals surface area contributed by atoms with Crippen molar-refractivity contribution in [3.63, 3.8) is 0 Å². The van der Waals surface area contributed by atoms with Crippen LogP contribution in [0.4, 0.5) is 11.5 Å². The van der Waals surface area contributed by atoms with Crippen LogP contribution in [0.1, 0.15) is 5.56 Å². The predicted molar refractivity (Wildman–Crippen MR) is 61.3 cm³/mol. The van der Waals surface area contributed by atoms with Gasteiger partial charge in [-0.25, -0.2) is 9.97 Å². The maximum Gasteiger partial charge on any atom is 0.133 e. The number of nitrogens with one attached hydrogen (secondary N) is 2. The van der Waals surface area contributed by atoms with Crippen LogP contribution in [0.2, 0.25) is 0 Å². The molecule has 16 heavy (non-hydrogen) atoms. The standard InChI is InChI=1S/C11H10N4O/c12-6-8-1-2-9(16)5-10(8)15-11-3-4-13-7-14-11/h1-7,12,16H,(H,13,14,15). The Bertz CT molecular complexity index is 499.